The third kappa shape index (κ3) is 4.04. The second-order valence-corrected chi connectivity index (χ2v) is 6.21. The lowest BCUT2D eigenvalue weighted by atomic mass is 9.77. The SMILES string of the molecule is CC1(C)CCCNC1CNC(=O)Cc1ccc(F)cc1. The Morgan fingerprint density at radius 3 is 2.75 bits per heavy atom. The van der Waals surface area contributed by atoms with Gasteiger partial charge in [-0.25, -0.2) is 4.39 Å². The van der Waals surface area contributed by atoms with Crippen LogP contribution in [0.1, 0.15) is 32.3 Å². The average Bonchev–Trinajstić information content (AvgIpc) is 2.40. The molecule has 1 aliphatic rings. The van der Waals surface area contributed by atoms with E-state index in [4.69, 9.17) is 0 Å². The van der Waals surface area contributed by atoms with E-state index in [1.807, 2.05) is 0 Å². The molecule has 3 nitrogen and oxygen atoms in total. The summed E-state index contributed by atoms with van der Waals surface area (Å²) < 4.78 is 12.8. The fourth-order valence-corrected chi connectivity index (χ4v) is 2.69. The van der Waals surface area contributed by atoms with Crippen LogP contribution in [0.3, 0.4) is 0 Å². The summed E-state index contributed by atoms with van der Waals surface area (Å²) in [6.45, 7) is 6.13. The Hall–Kier alpha value is -1.42. The largest absolute Gasteiger partial charge is 0.354 e. The van der Waals surface area contributed by atoms with Crippen molar-refractivity contribution in [3.8, 4) is 0 Å². The maximum absolute atomic E-state index is 12.8. The van der Waals surface area contributed by atoms with E-state index in [1.165, 1.54) is 25.0 Å². The summed E-state index contributed by atoms with van der Waals surface area (Å²) in [5.74, 6) is -0.290. The van der Waals surface area contributed by atoms with Crippen molar-refractivity contribution >= 4 is 5.91 Å². The molecule has 0 radical (unpaired) electrons. The molecule has 0 bridgehead atoms. The molecule has 1 unspecified atom stereocenters. The van der Waals surface area contributed by atoms with Gasteiger partial charge in [0, 0.05) is 12.6 Å². The smallest absolute Gasteiger partial charge is 0.224 e. The fraction of sp³-hybridized carbons (Fsp3) is 0.562. The van der Waals surface area contributed by atoms with Crippen LogP contribution < -0.4 is 10.6 Å². The van der Waals surface area contributed by atoms with Gasteiger partial charge in [-0.1, -0.05) is 26.0 Å². The number of hydrogen-bond acceptors (Lipinski definition) is 2. The van der Waals surface area contributed by atoms with Gasteiger partial charge in [-0.15, -0.1) is 0 Å². The molecule has 1 amide bonds. The minimum absolute atomic E-state index is 0.0141. The van der Waals surface area contributed by atoms with Gasteiger partial charge in [-0.2, -0.15) is 0 Å². The van der Waals surface area contributed by atoms with E-state index in [1.54, 1.807) is 12.1 Å². The number of nitrogens with one attached hydrogen (secondary N) is 2. The highest BCUT2D eigenvalue weighted by Gasteiger charge is 2.31. The average molecular weight is 278 g/mol. The van der Waals surface area contributed by atoms with Crippen LogP contribution in [-0.2, 0) is 11.2 Å². The van der Waals surface area contributed by atoms with E-state index in [-0.39, 0.29) is 17.1 Å². The molecule has 0 aromatic heterocycles. The van der Waals surface area contributed by atoms with Gasteiger partial charge >= 0.3 is 0 Å². The Labute approximate surface area is 120 Å². The van der Waals surface area contributed by atoms with Gasteiger partial charge in [0.1, 0.15) is 5.82 Å². The molecule has 2 N–H and O–H groups in total. The Morgan fingerprint density at radius 1 is 1.40 bits per heavy atom. The summed E-state index contributed by atoms with van der Waals surface area (Å²) in [5, 5.41) is 6.45. The number of rotatable bonds is 4. The predicted molar refractivity (Wildman–Crippen MR) is 77.9 cm³/mol. The summed E-state index contributed by atoms with van der Waals surface area (Å²) in [5.41, 5.74) is 1.04. The Morgan fingerprint density at radius 2 is 2.10 bits per heavy atom. The molecule has 110 valence electrons. The lowest BCUT2D eigenvalue weighted by molar-refractivity contribution is -0.120. The number of hydrogen-bond donors (Lipinski definition) is 2. The van der Waals surface area contributed by atoms with Crippen LogP contribution in [-0.4, -0.2) is 25.0 Å². The lowest BCUT2D eigenvalue weighted by Crippen LogP contribution is -2.52. The molecule has 1 fully saturated rings. The van der Waals surface area contributed by atoms with Gasteiger partial charge in [-0.05, 0) is 42.5 Å². The third-order valence-electron chi connectivity index (χ3n) is 4.11. The Kier molecular flexibility index (Phi) is 4.76. The van der Waals surface area contributed by atoms with E-state index in [0.29, 0.717) is 19.0 Å². The predicted octanol–water partition coefficient (Wildman–Crippen LogP) is 2.26. The van der Waals surface area contributed by atoms with Crippen LogP contribution in [0.5, 0.6) is 0 Å². The molecule has 1 atom stereocenters. The van der Waals surface area contributed by atoms with Crippen LogP contribution in [0.2, 0.25) is 0 Å². The summed E-state index contributed by atoms with van der Waals surface area (Å²) in [4.78, 5) is 11.9. The van der Waals surface area contributed by atoms with Crippen molar-refractivity contribution in [2.75, 3.05) is 13.1 Å². The zero-order valence-electron chi connectivity index (χ0n) is 12.2. The Balaban J connectivity index is 1.81. The van der Waals surface area contributed by atoms with E-state index < -0.39 is 0 Å². The molecule has 0 saturated carbocycles. The summed E-state index contributed by atoms with van der Waals surface area (Å²) in [6.07, 6.45) is 2.67. The molecular weight excluding hydrogens is 255 g/mol. The molecule has 1 saturated heterocycles. The molecule has 2 rings (SSSR count). The quantitative estimate of drug-likeness (QED) is 0.887. The lowest BCUT2D eigenvalue weighted by Gasteiger charge is -2.39. The number of carbonyl (C=O) groups excluding carboxylic acids is 1. The van der Waals surface area contributed by atoms with E-state index >= 15 is 0 Å². The second kappa shape index (κ2) is 6.35. The van der Waals surface area contributed by atoms with Gasteiger partial charge in [0.25, 0.3) is 0 Å². The molecule has 1 heterocycles. The Bertz CT molecular complexity index is 456. The summed E-state index contributed by atoms with van der Waals surface area (Å²) in [7, 11) is 0. The number of piperidine rings is 1. The minimum Gasteiger partial charge on any atom is -0.354 e. The highest BCUT2D eigenvalue weighted by molar-refractivity contribution is 5.78. The molecule has 20 heavy (non-hydrogen) atoms. The molecule has 0 spiro atoms. The highest BCUT2D eigenvalue weighted by Crippen LogP contribution is 2.29. The minimum atomic E-state index is -0.276. The van der Waals surface area contributed by atoms with Crippen molar-refractivity contribution < 1.29 is 9.18 Å². The highest BCUT2D eigenvalue weighted by atomic mass is 19.1. The van der Waals surface area contributed by atoms with Gasteiger partial charge < -0.3 is 10.6 Å². The van der Waals surface area contributed by atoms with Gasteiger partial charge in [0.15, 0.2) is 0 Å². The molecule has 4 heteroatoms. The van der Waals surface area contributed by atoms with Crippen molar-refractivity contribution in [2.45, 2.75) is 39.2 Å². The van der Waals surface area contributed by atoms with Gasteiger partial charge in [-0.3, -0.25) is 4.79 Å². The first kappa shape index (κ1) is 15.0. The summed E-state index contributed by atoms with van der Waals surface area (Å²) >= 11 is 0. The van der Waals surface area contributed by atoms with Crippen molar-refractivity contribution in [3.05, 3.63) is 35.6 Å². The monoisotopic (exact) mass is 278 g/mol. The molecular formula is C16H23FN2O. The third-order valence-corrected chi connectivity index (χ3v) is 4.11. The van der Waals surface area contributed by atoms with Crippen LogP contribution in [0.15, 0.2) is 24.3 Å². The number of benzene rings is 1. The molecule has 1 aliphatic heterocycles. The van der Waals surface area contributed by atoms with Gasteiger partial charge in [0.05, 0.1) is 6.42 Å². The first-order valence-corrected chi connectivity index (χ1v) is 7.22. The van der Waals surface area contributed by atoms with Crippen molar-refractivity contribution in [1.82, 2.24) is 10.6 Å². The molecule has 1 aromatic rings. The zero-order valence-corrected chi connectivity index (χ0v) is 12.2. The van der Waals surface area contributed by atoms with Crippen molar-refractivity contribution in [1.29, 1.82) is 0 Å². The topological polar surface area (TPSA) is 41.1 Å². The van der Waals surface area contributed by atoms with Crippen molar-refractivity contribution in [2.24, 2.45) is 5.41 Å². The number of halogens is 1. The van der Waals surface area contributed by atoms with E-state index in [0.717, 1.165) is 12.1 Å². The van der Waals surface area contributed by atoms with Crippen LogP contribution >= 0.6 is 0 Å². The molecule has 1 aromatic carbocycles. The van der Waals surface area contributed by atoms with E-state index in [9.17, 15) is 9.18 Å². The first-order valence-electron chi connectivity index (χ1n) is 7.22. The number of amides is 1. The fourth-order valence-electron chi connectivity index (χ4n) is 2.69. The standard InChI is InChI=1S/C16H23FN2O/c1-16(2)8-3-9-18-14(16)11-19-15(20)10-12-4-6-13(17)7-5-12/h4-7,14,18H,3,8-11H2,1-2H3,(H,19,20). The zero-order chi connectivity index (χ0) is 14.6. The summed E-state index contributed by atoms with van der Waals surface area (Å²) in [6, 6.07) is 6.38. The van der Waals surface area contributed by atoms with Crippen LogP contribution in [0, 0.1) is 11.2 Å². The van der Waals surface area contributed by atoms with Crippen molar-refractivity contribution in [3.63, 3.8) is 0 Å². The van der Waals surface area contributed by atoms with E-state index in [2.05, 4.69) is 24.5 Å². The normalized spacial score (nSPS) is 21.4. The first-order chi connectivity index (χ1) is 9.47. The van der Waals surface area contributed by atoms with Gasteiger partial charge in [0.2, 0.25) is 5.91 Å². The number of carbonyl (C=O) groups is 1. The van der Waals surface area contributed by atoms with Crippen LogP contribution in [0.4, 0.5) is 4.39 Å². The maximum Gasteiger partial charge on any atom is 0.224 e. The molecule has 0 aliphatic carbocycles. The van der Waals surface area contributed by atoms with Crippen LogP contribution in [0.25, 0.3) is 0 Å². The second-order valence-electron chi connectivity index (χ2n) is 6.21. The maximum atomic E-state index is 12.8.